The van der Waals surface area contributed by atoms with E-state index in [1.807, 2.05) is 6.92 Å². The Hall–Kier alpha value is -1.74. The van der Waals surface area contributed by atoms with E-state index in [1.165, 1.54) is 23.4 Å². The van der Waals surface area contributed by atoms with Crippen molar-refractivity contribution in [2.24, 2.45) is 5.92 Å². The minimum atomic E-state index is -0.219. The molecule has 3 heteroatoms. The van der Waals surface area contributed by atoms with Crippen molar-refractivity contribution in [1.29, 1.82) is 0 Å². The van der Waals surface area contributed by atoms with Crippen LogP contribution in [-0.2, 0) is 0 Å². The lowest BCUT2D eigenvalue weighted by Gasteiger charge is -2.18. The molecular formula is C20H24FNS. The van der Waals surface area contributed by atoms with E-state index in [4.69, 9.17) is 0 Å². The lowest BCUT2D eigenvalue weighted by molar-refractivity contribution is 0.588. The Kier molecular flexibility index (Phi) is 6.28. The summed E-state index contributed by atoms with van der Waals surface area (Å²) in [5.41, 5.74) is 3.34. The molecule has 0 saturated heterocycles. The van der Waals surface area contributed by atoms with Gasteiger partial charge in [0.05, 0.1) is 5.03 Å². The average molecular weight is 329 g/mol. The first-order valence-corrected chi connectivity index (χ1v) is 8.68. The molecule has 23 heavy (non-hydrogen) atoms. The highest BCUT2D eigenvalue weighted by molar-refractivity contribution is 8.03. The summed E-state index contributed by atoms with van der Waals surface area (Å²) >= 11 is 1.46. The van der Waals surface area contributed by atoms with E-state index in [0.29, 0.717) is 5.92 Å². The molecule has 1 N–H and O–H groups in total. The van der Waals surface area contributed by atoms with Gasteiger partial charge in [-0.15, -0.1) is 6.58 Å². The Morgan fingerprint density at radius 2 is 2.17 bits per heavy atom. The summed E-state index contributed by atoms with van der Waals surface area (Å²) in [6.45, 7) is 12.0. The van der Waals surface area contributed by atoms with Crippen LogP contribution in [0.2, 0.25) is 0 Å². The van der Waals surface area contributed by atoms with Gasteiger partial charge in [0.2, 0.25) is 0 Å². The highest BCUT2D eigenvalue weighted by atomic mass is 32.2. The van der Waals surface area contributed by atoms with E-state index in [9.17, 15) is 4.39 Å². The number of aryl methyl sites for hydroxylation is 1. The van der Waals surface area contributed by atoms with Crippen LogP contribution in [0.3, 0.4) is 0 Å². The fourth-order valence-electron chi connectivity index (χ4n) is 2.41. The van der Waals surface area contributed by atoms with E-state index in [0.717, 1.165) is 40.4 Å². The average Bonchev–Trinajstić information content (AvgIpc) is 2.50. The van der Waals surface area contributed by atoms with Crippen molar-refractivity contribution in [3.63, 3.8) is 0 Å². The third-order valence-corrected chi connectivity index (χ3v) is 4.81. The number of halogens is 1. The van der Waals surface area contributed by atoms with Crippen LogP contribution in [0, 0.1) is 18.7 Å². The van der Waals surface area contributed by atoms with Gasteiger partial charge in [-0.05, 0) is 62.8 Å². The third-order valence-electron chi connectivity index (χ3n) is 3.80. The van der Waals surface area contributed by atoms with Crippen molar-refractivity contribution in [1.82, 2.24) is 5.32 Å². The molecule has 1 aliphatic carbocycles. The zero-order chi connectivity index (χ0) is 16.8. The molecule has 1 aromatic carbocycles. The zero-order valence-corrected chi connectivity index (χ0v) is 14.7. The smallest absolute Gasteiger partial charge is 0.124 e. The number of nitrogens with one attached hydrogen (secondary N) is 1. The second-order valence-electron chi connectivity index (χ2n) is 6.07. The molecule has 0 saturated carbocycles. The van der Waals surface area contributed by atoms with Gasteiger partial charge in [0.25, 0.3) is 0 Å². The molecule has 0 radical (unpaired) electrons. The molecule has 2 rings (SSSR count). The first kappa shape index (κ1) is 17.6. The maximum atomic E-state index is 13.3. The fourth-order valence-corrected chi connectivity index (χ4v) is 3.24. The highest BCUT2D eigenvalue weighted by Gasteiger charge is 2.10. The Morgan fingerprint density at radius 1 is 1.39 bits per heavy atom. The lowest BCUT2D eigenvalue weighted by Crippen LogP contribution is -2.12. The van der Waals surface area contributed by atoms with E-state index in [-0.39, 0.29) is 5.82 Å². The Bertz CT molecular complexity index is 658. The van der Waals surface area contributed by atoms with Crippen LogP contribution in [0.1, 0.15) is 31.7 Å². The van der Waals surface area contributed by atoms with Gasteiger partial charge in [-0.2, -0.15) is 0 Å². The largest absolute Gasteiger partial charge is 0.351 e. The summed E-state index contributed by atoms with van der Waals surface area (Å²) in [5, 5.41) is 4.10. The fraction of sp³-hybridized carbons (Fsp3) is 0.300. The van der Waals surface area contributed by atoms with Crippen LogP contribution in [0.4, 0.5) is 4.39 Å². The minimum absolute atomic E-state index is 0.219. The van der Waals surface area contributed by atoms with E-state index >= 15 is 0 Å². The topological polar surface area (TPSA) is 12.0 Å². The van der Waals surface area contributed by atoms with Crippen molar-refractivity contribution in [2.45, 2.75) is 38.0 Å². The van der Waals surface area contributed by atoms with Gasteiger partial charge in [-0.1, -0.05) is 42.1 Å². The molecule has 0 aliphatic heterocycles. The Labute approximate surface area is 143 Å². The van der Waals surface area contributed by atoms with Crippen LogP contribution in [0.25, 0.3) is 0 Å². The van der Waals surface area contributed by atoms with Crippen LogP contribution < -0.4 is 5.32 Å². The summed E-state index contributed by atoms with van der Waals surface area (Å²) in [6.07, 6.45) is 9.81. The predicted octanol–water partition coefficient (Wildman–Crippen LogP) is 6.10. The molecule has 1 unspecified atom stereocenters. The predicted molar refractivity (Wildman–Crippen MR) is 98.6 cm³/mol. The quantitative estimate of drug-likeness (QED) is 0.479. The monoisotopic (exact) mass is 329 g/mol. The number of rotatable bonds is 7. The molecule has 0 spiro atoms. The van der Waals surface area contributed by atoms with Crippen molar-refractivity contribution in [3.05, 3.63) is 77.3 Å². The number of hydrogen-bond acceptors (Lipinski definition) is 2. The van der Waals surface area contributed by atoms with Gasteiger partial charge < -0.3 is 5.32 Å². The number of benzene rings is 1. The molecule has 122 valence electrons. The molecule has 0 heterocycles. The van der Waals surface area contributed by atoms with Crippen molar-refractivity contribution < 1.29 is 4.39 Å². The number of allylic oxidation sites excluding steroid dienone is 4. The van der Waals surface area contributed by atoms with Crippen molar-refractivity contribution in [3.8, 4) is 0 Å². The Balaban J connectivity index is 1.86. The standard InChI is InChI=1S/C20H24FNS/c1-14(2)5-7-17-8-11-19(12-9-17)22-16(4)23-20-13-18(21)10-6-15(20)3/h6,8,10-13,17,22H,1,4-5,7,9H2,2-3H3. The number of hydrogen-bond donors (Lipinski definition) is 1. The first-order valence-electron chi connectivity index (χ1n) is 7.86. The summed E-state index contributed by atoms with van der Waals surface area (Å²) in [7, 11) is 0. The molecule has 1 atom stereocenters. The second-order valence-corrected chi connectivity index (χ2v) is 7.21. The van der Waals surface area contributed by atoms with Crippen LogP contribution in [0.15, 0.2) is 70.8 Å². The van der Waals surface area contributed by atoms with E-state index in [2.05, 4.69) is 43.6 Å². The van der Waals surface area contributed by atoms with Crippen molar-refractivity contribution >= 4 is 11.8 Å². The lowest BCUT2D eigenvalue weighted by atomic mass is 9.93. The summed E-state index contributed by atoms with van der Waals surface area (Å²) in [5.74, 6) is 0.367. The highest BCUT2D eigenvalue weighted by Crippen LogP contribution is 2.29. The maximum absolute atomic E-state index is 13.3. The normalized spacial score (nSPS) is 16.8. The number of thioether (sulfide) groups is 1. The maximum Gasteiger partial charge on any atom is 0.124 e. The van der Waals surface area contributed by atoms with Gasteiger partial charge in [0.1, 0.15) is 5.82 Å². The van der Waals surface area contributed by atoms with E-state index < -0.39 is 0 Å². The van der Waals surface area contributed by atoms with Crippen molar-refractivity contribution in [2.75, 3.05) is 0 Å². The third kappa shape index (κ3) is 5.76. The molecule has 1 nitrogen and oxygen atoms in total. The molecular weight excluding hydrogens is 305 g/mol. The van der Waals surface area contributed by atoms with Gasteiger partial charge in [0, 0.05) is 10.6 Å². The van der Waals surface area contributed by atoms with Gasteiger partial charge >= 0.3 is 0 Å². The first-order chi connectivity index (χ1) is 10.9. The van der Waals surface area contributed by atoms with Gasteiger partial charge in [-0.25, -0.2) is 4.39 Å². The summed E-state index contributed by atoms with van der Waals surface area (Å²) in [4.78, 5) is 0.891. The van der Waals surface area contributed by atoms with Crippen LogP contribution in [0.5, 0.6) is 0 Å². The molecule has 0 fully saturated rings. The summed E-state index contributed by atoms with van der Waals surface area (Å²) < 4.78 is 13.3. The Morgan fingerprint density at radius 3 is 2.83 bits per heavy atom. The van der Waals surface area contributed by atoms with Gasteiger partial charge in [0.15, 0.2) is 0 Å². The van der Waals surface area contributed by atoms with Crippen LogP contribution in [-0.4, -0.2) is 0 Å². The van der Waals surface area contributed by atoms with Crippen LogP contribution >= 0.6 is 11.8 Å². The second kappa shape index (κ2) is 8.21. The molecule has 0 amide bonds. The molecule has 0 bridgehead atoms. The van der Waals surface area contributed by atoms with Gasteiger partial charge in [-0.3, -0.25) is 0 Å². The zero-order valence-electron chi connectivity index (χ0n) is 13.9. The summed E-state index contributed by atoms with van der Waals surface area (Å²) in [6, 6.07) is 4.82. The molecule has 1 aliphatic rings. The molecule has 0 aromatic heterocycles. The van der Waals surface area contributed by atoms with E-state index in [1.54, 1.807) is 12.1 Å². The minimum Gasteiger partial charge on any atom is -0.351 e. The molecule has 1 aromatic rings. The SMILES string of the molecule is C=C(C)CCC1C=CC(NC(=C)Sc2cc(F)ccc2C)=CC1.